The standard InChI is InChI=1S/C77H130O6/c1-4-7-10-13-16-19-22-25-28-31-33-34-35-36-37-38-39-40-41-42-44-46-49-52-55-58-61-64-67-70-76(79)82-73-74(72-81-75(78)69-66-63-60-57-54-51-48-45-30-27-24-21-18-15-12-9-6-3)83-77(80)71-68-65-62-59-56-53-50-47-43-32-29-26-23-20-17-14-11-8-5-2/h8,11,17-18,20-22,25-27,29-31,33,35-36,43,47,53,56,74H,4-7,9-10,12-16,19,23-24,28,32,34,37-42,44-46,48-52,54-55,57-73H2,1-3H3/b11-8-,20-17-,21-18-,25-22-,29-26-,30-27-,33-31-,36-35-,47-43-,56-53-. The monoisotopic (exact) mass is 1150 g/mol. The summed E-state index contributed by atoms with van der Waals surface area (Å²) in [4.78, 5) is 38.4. The maximum atomic E-state index is 12.9. The molecule has 0 saturated carbocycles. The Morgan fingerprint density at radius 2 is 0.470 bits per heavy atom. The molecule has 0 N–H and O–H groups in total. The second-order valence-corrected chi connectivity index (χ2v) is 23.1. The first-order valence-corrected chi connectivity index (χ1v) is 35.0. The van der Waals surface area contributed by atoms with E-state index in [-0.39, 0.29) is 37.5 Å². The van der Waals surface area contributed by atoms with E-state index in [1.807, 2.05) is 0 Å². The predicted molar refractivity (Wildman–Crippen MR) is 362 cm³/mol. The Labute approximate surface area is 513 Å². The van der Waals surface area contributed by atoms with Crippen molar-refractivity contribution in [3.63, 3.8) is 0 Å². The van der Waals surface area contributed by atoms with Crippen LogP contribution in [0.5, 0.6) is 0 Å². The van der Waals surface area contributed by atoms with E-state index in [0.29, 0.717) is 12.8 Å². The highest BCUT2D eigenvalue weighted by Gasteiger charge is 2.19. The Morgan fingerprint density at radius 1 is 0.253 bits per heavy atom. The third-order valence-corrected chi connectivity index (χ3v) is 14.9. The lowest BCUT2D eigenvalue weighted by Gasteiger charge is -2.18. The van der Waals surface area contributed by atoms with E-state index in [9.17, 15) is 14.4 Å². The van der Waals surface area contributed by atoms with Gasteiger partial charge in [-0.15, -0.1) is 0 Å². The predicted octanol–water partition coefficient (Wildman–Crippen LogP) is 24.3. The van der Waals surface area contributed by atoms with Crippen LogP contribution in [0.25, 0.3) is 0 Å². The van der Waals surface area contributed by atoms with Gasteiger partial charge >= 0.3 is 17.9 Å². The third kappa shape index (κ3) is 68.5. The molecule has 0 aliphatic heterocycles. The zero-order valence-corrected chi connectivity index (χ0v) is 54.4. The molecule has 0 radical (unpaired) electrons. The molecule has 1 atom stereocenters. The second kappa shape index (κ2) is 70.3. The largest absolute Gasteiger partial charge is 0.462 e. The summed E-state index contributed by atoms with van der Waals surface area (Å²) in [6.07, 6.45) is 97.9. The van der Waals surface area contributed by atoms with Crippen molar-refractivity contribution in [3.05, 3.63) is 122 Å². The molecule has 0 rings (SSSR count). The van der Waals surface area contributed by atoms with E-state index < -0.39 is 6.10 Å². The van der Waals surface area contributed by atoms with Gasteiger partial charge in [0.15, 0.2) is 6.10 Å². The molecule has 0 heterocycles. The quantitative estimate of drug-likeness (QED) is 0.0261. The van der Waals surface area contributed by atoms with Crippen LogP contribution >= 0.6 is 0 Å². The molecular formula is C77H130O6. The van der Waals surface area contributed by atoms with Crippen molar-refractivity contribution in [2.75, 3.05) is 13.2 Å². The van der Waals surface area contributed by atoms with Gasteiger partial charge < -0.3 is 14.2 Å². The maximum absolute atomic E-state index is 12.9. The van der Waals surface area contributed by atoms with Gasteiger partial charge in [-0.3, -0.25) is 14.4 Å². The molecule has 0 amide bonds. The molecule has 0 aliphatic rings. The average Bonchev–Trinajstić information content (AvgIpc) is 3.49. The Bertz CT molecular complexity index is 1700. The summed E-state index contributed by atoms with van der Waals surface area (Å²) >= 11 is 0. The minimum atomic E-state index is -0.804. The summed E-state index contributed by atoms with van der Waals surface area (Å²) in [7, 11) is 0. The number of allylic oxidation sites excluding steroid dienone is 20. The Hall–Kier alpha value is -4.19. The molecule has 0 saturated heterocycles. The fourth-order valence-electron chi connectivity index (χ4n) is 9.68. The molecule has 0 aliphatic carbocycles. The molecule has 0 bridgehead atoms. The minimum absolute atomic E-state index is 0.0955. The highest BCUT2D eigenvalue weighted by molar-refractivity contribution is 5.71. The summed E-state index contributed by atoms with van der Waals surface area (Å²) in [5, 5.41) is 0. The first kappa shape index (κ1) is 78.8. The van der Waals surface area contributed by atoms with Crippen LogP contribution in [0.15, 0.2) is 122 Å². The van der Waals surface area contributed by atoms with Gasteiger partial charge in [-0.1, -0.05) is 296 Å². The molecule has 0 aromatic carbocycles. The number of ether oxygens (including phenoxy) is 3. The number of hydrogen-bond acceptors (Lipinski definition) is 6. The molecule has 0 aromatic heterocycles. The van der Waals surface area contributed by atoms with Crippen LogP contribution in [0.2, 0.25) is 0 Å². The van der Waals surface area contributed by atoms with E-state index in [1.54, 1.807) is 0 Å². The average molecular weight is 1150 g/mol. The fraction of sp³-hybridized carbons (Fsp3) is 0.701. The molecule has 0 spiro atoms. The van der Waals surface area contributed by atoms with E-state index in [1.165, 1.54) is 167 Å². The highest BCUT2D eigenvalue weighted by Crippen LogP contribution is 2.16. The number of carbonyl (C=O) groups is 3. The molecule has 83 heavy (non-hydrogen) atoms. The Kier molecular flexibility index (Phi) is 66.7. The Morgan fingerprint density at radius 3 is 0.771 bits per heavy atom. The minimum Gasteiger partial charge on any atom is -0.462 e. The van der Waals surface area contributed by atoms with Gasteiger partial charge in [-0.25, -0.2) is 0 Å². The first-order chi connectivity index (χ1) is 41.0. The van der Waals surface area contributed by atoms with Crippen molar-refractivity contribution >= 4 is 17.9 Å². The van der Waals surface area contributed by atoms with Crippen LogP contribution in [0.4, 0.5) is 0 Å². The molecule has 0 aromatic rings. The smallest absolute Gasteiger partial charge is 0.306 e. The summed E-state index contributed by atoms with van der Waals surface area (Å²) in [6.45, 7) is 6.48. The van der Waals surface area contributed by atoms with Crippen molar-refractivity contribution < 1.29 is 28.6 Å². The zero-order valence-electron chi connectivity index (χ0n) is 54.4. The van der Waals surface area contributed by atoms with Crippen molar-refractivity contribution in [1.29, 1.82) is 0 Å². The van der Waals surface area contributed by atoms with Crippen LogP contribution in [-0.2, 0) is 28.6 Å². The molecule has 6 nitrogen and oxygen atoms in total. The Balaban J connectivity index is 4.36. The van der Waals surface area contributed by atoms with Crippen LogP contribution in [0.3, 0.4) is 0 Å². The lowest BCUT2D eigenvalue weighted by Crippen LogP contribution is -2.30. The van der Waals surface area contributed by atoms with E-state index in [2.05, 4.69) is 142 Å². The zero-order chi connectivity index (χ0) is 59.9. The fourth-order valence-corrected chi connectivity index (χ4v) is 9.68. The third-order valence-electron chi connectivity index (χ3n) is 14.9. The summed E-state index contributed by atoms with van der Waals surface area (Å²) < 4.78 is 16.9. The van der Waals surface area contributed by atoms with Crippen LogP contribution in [0.1, 0.15) is 329 Å². The lowest BCUT2D eigenvalue weighted by molar-refractivity contribution is -0.167. The molecule has 6 heteroatoms. The normalized spacial score (nSPS) is 12.9. The summed E-state index contributed by atoms with van der Waals surface area (Å²) in [5.41, 5.74) is 0. The van der Waals surface area contributed by atoms with Crippen molar-refractivity contribution in [2.24, 2.45) is 0 Å². The van der Waals surface area contributed by atoms with Gasteiger partial charge in [0.2, 0.25) is 0 Å². The number of rotatable bonds is 63. The highest BCUT2D eigenvalue weighted by atomic mass is 16.6. The van der Waals surface area contributed by atoms with Gasteiger partial charge in [0.05, 0.1) is 0 Å². The van der Waals surface area contributed by atoms with Gasteiger partial charge in [-0.2, -0.15) is 0 Å². The van der Waals surface area contributed by atoms with Crippen LogP contribution < -0.4 is 0 Å². The number of unbranched alkanes of at least 4 members (excludes halogenated alkanes) is 32. The number of esters is 3. The van der Waals surface area contributed by atoms with E-state index >= 15 is 0 Å². The van der Waals surface area contributed by atoms with E-state index in [4.69, 9.17) is 14.2 Å². The number of carbonyl (C=O) groups excluding carboxylic acids is 3. The molecule has 1 unspecified atom stereocenters. The lowest BCUT2D eigenvalue weighted by atomic mass is 10.0. The van der Waals surface area contributed by atoms with Crippen molar-refractivity contribution in [3.8, 4) is 0 Å². The van der Waals surface area contributed by atoms with Crippen LogP contribution in [-0.4, -0.2) is 37.2 Å². The first-order valence-electron chi connectivity index (χ1n) is 35.0. The van der Waals surface area contributed by atoms with Gasteiger partial charge in [0, 0.05) is 19.3 Å². The van der Waals surface area contributed by atoms with Gasteiger partial charge in [0.1, 0.15) is 13.2 Å². The molecular weight excluding hydrogens is 1020 g/mol. The molecule has 474 valence electrons. The summed E-state index contributed by atoms with van der Waals surface area (Å²) in [5.74, 6) is -0.927. The maximum Gasteiger partial charge on any atom is 0.306 e. The topological polar surface area (TPSA) is 78.9 Å². The van der Waals surface area contributed by atoms with Gasteiger partial charge in [0.25, 0.3) is 0 Å². The van der Waals surface area contributed by atoms with Crippen LogP contribution in [0, 0.1) is 0 Å². The van der Waals surface area contributed by atoms with E-state index in [0.717, 1.165) is 122 Å². The van der Waals surface area contributed by atoms with Crippen molar-refractivity contribution in [2.45, 2.75) is 335 Å². The van der Waals surface area contributed by atoms with Crippen molar-refractivity contribution in [1.82, 2.24) is 0 Å². The second-order valence-electron chi connectivity index (χ2n) is 23.1. The summed E-state index contributed by atoms with van der Waals surface area (Å²) in [6, 6.07) is 0. The SMILES string of the molecule is CC/C=C\C/C=C\C/C=C\C/C=C\C/C=C\CCCCCC(=O)OC(COC(=O)CCCCCCCCC/C=C\C/C=C\CCCCC)COC(=O)CCCCCCCCCCCCCCCC/C=C\C/C=C\C/C=C\CCCCCCC. The molecule has 0 fully saturated rings. The number of hydrogen-bond donors (Lipinski definition) is 0. The van der Waals surface area contributed by atoms with Gasteiger partial charge in [-0.05, 0) is 135 Å².